The summed E-state index contributed by atoms with van der Waals surface area (Å²) in [4.78, 5) is 20.8. The molecular weight excluding hydrogens is 524 g/mol. The Balaban J connectivity index is 1.27. The third kappa shape index (κ3) is 4.83. The number of nitrogens with one attached hydrogen (secondary N) is 1. The van der Waals surface area contributed by atoms with Gasteiger partial charge in [-0.1, -0.05) is 32.3 Å². The third-order valence-electron chi connectivity index (χ3n) is 10.1. The molecule has 8 nitrogen and oxygen atoms in total. The number of hydrogen-bond donors (Lipinski definition) is 2. The molecule has 3 heterocycles. The van der Waals surface area contributed by atoms with E-state index < -0.39 is 0 Å². The van der Waals surface area contributed by atoms with Crippen molar-refractivity contribution in [3.8, 4) is 17.3 Å². The van der Waals surface area contributed by atoms with Crippen molar-refractivity contribution in [1.82, 2.24) is 19.0 Å². The van der Waals surface area contributed by atoms with Gasteiger partial charge in [-0.3, -0.25) is 4.79 Å². The zero-order valence-corrected chi connectivity index (χ0v) is 25.4. The van der Waals surface area contributed by atoms with E-state index in [1.165, 1.54) is 48.7 Å². The second-order valence-corrected chi connectivity index (χ2v) is 13.0. The molecule has 2 aromatic carbocycles. The molecule has 1 aliphatic heterocycles. The maximum atomic E-state index is 13.8. The highest BCUT2D eigenvalue weighted by molar-refractivity contribution is 6.00. The van der Waals surface area contributed by atoms with E-state index in [9.17, 15) is 4.79 Å². The van der Waals surface area contributed by atoms with Crippen LogP contribution < -0.4 is 15.8 Å². The van der Waals surface area contributed by atoms with Gasteiger partial charge in [-0.15, -0.1) is 0 Å². The van der Waals surface area contributed by atoms with Crippen molar-refractivity contribution in [3.05, 3.63) is 42.0 Å². The number of aromatic nitrogens is 3. The first-order valence-electron chi connectivity index (χ1n) is 15.8. The highest BCUT2D eigenvalue weighted by Gasteiger charge is 2.39. The summed E-state index contributed by atoms with van der Waals surface area (Å²) >= 11 is 0. The van der Waals surface area contributed by atoms with Crippen LogP contribution in [-0.2, 0) is 13.6 Å². The lowest BCUT2D eigenvalue weighted by molar-refractivity contribution is 0.0739. The number of ether oxygens (including phenoxy) is 1. The molecular formula is C34H44N6O2. The molecule has 42 heavy (non-hydrogen) atoms. The van der Waals surface area contributed by atoms with E-state index in [0.717, 1.165) is 48.0 Å². The molecule has 3 atom stereocenters. The van der Waals surface area contributed by atoms with Crippen LogP contribution in [0.25, 0.3) is 33.5 Å². The molecule has 2 aliphatic carbocycles. The highest BCUT2D eigenvalue weighted by atomic mass is 16.5. The van der Waals surface area contributed by atoms with Crippen LogP contribution in [0.15, 0.2) is 36.4 Å². The quantitative estimate of drug-likeness (QED) is 0.244. The first-order chi connectivity index (χ1) is 20.4. The van der Waals surface area contributed by atoms with Crippen molar-refractivity contribution in [2.45, 2.75) is 71.0 Å². The van der Waals surface area contributed by atoms with Crippen LogP contribution in [0.4, 0.5) is 5.69 Å². The number of anilines is 1. The molecule has 4 aromatic rings. The second-order valence-electron chi connectivity index (χ2n) is 13.0. The fraction of sp³-hybridized carbons (Fsp3) is 0.529. The Labute approximate surface area is 248 Å². The van der Waals surface area contributed by atoms with E-state index in [2.05, 4.69) is 52.6 Å². The van der Waals surface area contributed by atoms with Crippen molar-refractivity contribution in [2.24, 2.45) is 30.5 Å². The van der Waals surface area contributed by atoms with Gasteiger partial charge in [0.2, 0.25) is 0 Å². The largest absolute Gasteiger partial charge is 0.494 e. The Kier molecular flexibility index (Phi) is 6.92. The predicted molar refractivity (Wildman–Crippen MR) is 169 cm³/mol. The number of nitrogens with zero attached hydrogens (tertiary/aromatic N) is 4. The van der Waals surface area contributed by atoms with Gasteiger partial charge in [-0.2, -0.15) is 0 Å². The number of benzene rings is 2. The molecule has 0 spiro atoms. The van der Waals surface area contributed by atoms with Gasteiger partial charge in [-0.05, 0) is 74.3 Å². The van der Waals surface area contributed by atoms with Crippen molar-refractivity contribution in [3.63, 3.8) is 0 Å². The van der Waals surface area contributed by atoms with Gasteiger partial charge in [0, 0.05) is 55.4 Å². The molecule has 7 rings (SSSR count). The van der Waals surface area contributed by atoms with Crippen LogP contribution in [0.1, 0.15) is 62.7 Å². The maximum absolute atomic E-state index is 13.8. The first-order valence-corrected chi connectivity index (χ1v) is 15.8. The number of nitrogens with two attached hydrogens (primary N) is 1. The number of amides is 1. The summed E-state index contributed by atoms with van der Waals surface area (Å²) in [6, 6.07) is 12.8. The second kappa shape index (κ2) is 10.6. The number of rotatable bonds is 10. The zero-order valence-electron chi connectivity index (χ0n) is 25.4. The summed E-state index contributed by atoms with van der Waals surface area (Å²) < 4.78 is 10.4. The van der Waals surface area contributed by atoms with Crippen LogP contribution in [0.5, 0.6) is 5.75 Å². The molecule has 3 fully saturated rings. The van der Waals surface area contributed by atoms with Gasteiger partial charge in [0.25, 0.3) is 5.91 Å². The molecule has 0 radical (unpaired) electrons. The van der Waals surface area contributed by atoms with Crippen LogP contribution in [-0.4, -0.2) is 57.2 Å². The Hall–Kier alpha value is -3.52. The summed E-state index contributed by atoms with van der Waals surface area (Å²) in [5.41, 5.74) is 12.3. The van der Waals surface area contributed by atoms with Crippen LogP contribution >= 0.6 is 0 Å². The van der Waals surface area contributed by atoms with E-state index in [1.54, 1.807) is 7.11 Å². The average Bonchev–Trinajstić information content (AvgIpc) is 3.91. The minimum absolute atomic E-state index is 0.00495. The standard InChI is InChI=1S/C34H44N6O2/c1-5-23-19-39(20(2)31(23)35)34(41)25-14-27-32(30(16-25)42-4)38(3)33(37-27)29-15-24-10-11-26(36-13-12-21-6-7-21)17-28(24)40(29)18-22-8-9-22/h10-11,14-17,20-23,31,36H,5-9,12-13,18-19,35H2,1-4H3/t20-,23-,31-/m1/s1. The number of fused-ring (bicyclic) bond motifs is 2. The third-order valence-corrected chi connectivity index (χ3v) is 10.1. The molecule has 1 amide bonds. The number of carbonyl (C=O) groups is 1. The molecule has 0 unspecified atom stereocenters. The summed E-state index contributed by atoms with van der Waals surface area (Å²) in [6.07, 6.45) is 7.54. The van der Waals surface area contributed by atoms with E-state index in [1.807, 2.05) is 24.1 Å². The fourth-order valence-corrected chi connectivity index (χ4v) is 6.93. The zero-order chi connectivity index (χ0) is 29.1. The van der Waals surface area contributed by atoms with E-state index in [4.69, 9.17) is 15.5 Å². The fourth-order valence-electron chi connectivity index (χ4n) is 6.93. The monoisotopic (exact) mass is 568 g/mol. The summed E-state index contributed by atoms with van der Waals surface area (Å²) in [5, 5.41) is 4.88. The minimum Gasteiger partial charge on any atom is -0.494 e. The average molecular weight is 569 g/mol. The van der Waals surface area contributed by atoms with E-state index in [-0.39, 0.29) is 18.0 Å². The SMILES string of the molecule is CC[C@@H]1CN(C(=O)c2cc(OC)c3c(c2)nc(-c2cc4ccc(NCCC5CC5)cc4n2CC2CC2)n3C)[C@H](C)[C@H]1N. The lowest BCUT2D eigenvalue weighted by Crippen LogP contribution is -2.41. The predicted octanol–water partition coefficient (Wildman–Crippen LogP) is 6.02. The Morgan fingerprint density at radius 1 is 1.12 bits per heavy atom. The smallest absolute Gasteiger partial charge is 0.254 e. The molecule has 3 N–H and O–H groups in total. The van der Waals surface area contributed by atoms with E-state index in [0.29, 0.717) is 29.7 Å². The molecule has 1 saturated heterocycles. The van der Waals surface area contributed by atoms with Gasteiger partial charge < -0.3 is 29.8 Å². The first kappa shape index (κ1) is 27.3. The van der Waals surface area contributed by atoms with Gasteiger partial charge in [0.1, 0.15) is 11.3 Å². The molecule has 222 valence electrons. The lowest BCUT2D eigenvalue weighted by atomic mass is 9.98. The Bertz CT molecular complexity index is 1640. The van der Waals surface area contributed by atoms with Crippen molar-refractivity contribution >= 4 is 33.5 Å². The van der Waals surface area contributed by atoms with Crippen LogP contribution in [0.2, 0.25) is 0 Å². The number of aryl methyl sites for hydroxylation is 1. The molecule has 2 aromatic heterocycles. The Morgan fingerprint density at radius 3 is 2.60 bits per heavy atom. The summed E-state index contributed by atoms with van der Waals surface area (Å²) in [7, 11) is 3.71. The van der Waals surface area contributed by atoms with Crippen LogP contribution in [0, 0.1) is 17.8 Å². The summed E-state index contributed by atoms with van der Waals surface area (Å²) in [5.74, 6) is 3.48. The van der Waals surface area contributed by atoms with Gasteiger partial charge in [-0.25, -0.2) is 4.98 Å². The minimum atomic E-state index is -0.00846. The van der Waals surface area contributed by atoms with Crippen molar-refractivity contribution in [2.75, 3.05) is 25.5 Å². The van der Waals surface area contributed by atoms with Crippen LogP contribution in [0.3, 0.4) is 0 Å². The number of carbonyl (C=O) groups excluding carboxylic acids is 1. The number of likely N-dealkylation sites (tertiary alicyclic amines) is 1. The molecule has 3 aliphatic rings. The molecule has 0 bridgehead atoms. The number of methoxy groups -OCH3 is 1. The van der Waals surface area contributed by atoms with Gasteiger partial charge in [0.15, 0.2) is 5.82 Å². The molecule has 2 saturated carbocycles. The maximum Gasteiger partial charge on any atom is 0.254 e. The van der Waals surface area contributed by atoms with E-state index >= 15 is 0 Å². The Morgan fingerprint density at radius 2 is 1.90 bits per heavy atom. The topological polar surface area (TPSA) is 90.3 Å². The normalized spacial score (nSPS) is 22.4. The highest BCUT2D eigenvalue weighted by Crippen LogP contribution is 2.39. The lowest BCUT2D eigenvalue weighted by Gasteiger charge is -2.23. The van der Waals surface area contributed by atoms with Crippen molar-refractivity contribution in [1.29, 1.82) is 0 Å². The summed E-state index contributed by atoms with van der Waals surface area (Å²) in [6.45, 7) is 6.90. The number of hydrogen-bond acceptors (Lipinski definition) is 5. The number of imidazole rings is 1. The molecule has 8 heteroatoms. The van der Waals surface area contributed by atoms with Gasteiger partial charge >= 0.3 is 0 Å². The van der Waals surface area contributed by atoms with Gasteiger partial charge in [0.05, 0.1) is 23.8 Å². The van der Waals surface area contributed by atoms with Crippen molar-refractivity contribution < 1.29 is 9.53 Å².